The van der Waals surface area contributed by atoms with Crippen molar-refractivity contribution in [3.05, 3.63) is 60.2 Å². The Hall–Kier alpha value is -3.33. The Balaban J connectivity index is 1.47. The van der Waals surface area contributed by atoms with Gasteiger partial charge in [0.15, 0.2) is 11.0 Å². The molecule has 1 aromatic heterocycles. The van der Waals surface area contributed by atoms with Gasteiger partial charge in [-0.3, -0.25) is 25.0 Å². The summed E-state index contributed by atoms with van der Waals surface area (Å²) in [5.74, 6) is 1.50. The fourth-order valence-corrected chi connectivity index (χ4v) is 5.04. The maximum Gasteiger partial charge on any atom is 0.269 e. The molecule has 1 fully saturated rings. The van der Waals surface area contributed by atoms with E-state index in [9.17, 15) is 9.59 Å². The summed E-state index contributed by atoms with van der Waals surface area (Å²) in [5, 5.41) is 9.63. The van der Waals surface area contributed by atoms with Crippen molar-refractivity contribution in [1.82, 2.24) is 25.6 Å². The number of ether oxygens (including phenoxy) is 1. The smallest absolute Gasteiger partial charge is 0.269 e. The molecule has 3 aromatic rings. The van der Waals surface area contributed by atoms with Crippen molar-refractivity contribution >= 4 is 23.6 Å². The fraction of sp³-hybridized carbons (Fsp3) is 0.360. The Morgan fingerprint density at radius 2 is 1.76 bits per heavy atom. The second-order valence-corrected chi connectivity index (χ2v) is 9.33. The lowest BCUT2D eigenvalue weighted by Crippen LogP contribution is -2.42. The maximum atomic E-state index is 12.4. The summed E-state index contributed by atoms with van der Waals surface area (Å²) in [4.78, 5) is 24.6. The van der Waals surface area contributed by atoms with E-state index in [0.29, 0.717) is 16.6 Å². The summed E-state index contributed by atoms with van der Waals surface area (Å²) in [5.41, 5.74) is 6.37. The van der Waals surface area contributed by atoms with Crippen molar-refractivity contribution in [3.8, 4) is 17.1 Å². The Bertz CT molecular complexity index is 1120. The first-order chi connectivity index (χ1) is 16.6. The molecule has 2 amide bonds. The molecule has 9 heteroatoms. The van der Waals surface area contributed by atoms with Gasteiger partial charge in [-0.05, 0) is 55.2 Å². The molecule has 8 nitrogen and oxygen atoms in total. The van der Waals surface area contributed by atoms with Gasteiger partial charge >= 0.3 is 0 Å². The van der Waals surface area contributed by atoms with E-state index in [2.05, 4.69) is 32.5 Å². The Labute approximate surface area is 203 Å². The summed E-state index contributed by atoms with van der Waals surface area (Å²) < 4.78 is 7.47. The van der Waals surface area contributed by atoms with Crippen LogP contribution in [-0.4, -0.2) is 39.4 Å². The molecule has 2 atom stereocenters. The molecule has 2 aromatic carbocycles. The van der Waals surface area contributed by atoms with Crippen molar-refractivity contribution < 1.29 is 14.3 Å². The van der Waals surface area contributed by atoms with Crippen LogP contribution in [0.1, 0.15) is 49.0 Å². The average molecular weight is 480 g/mol. The lowest BCUT2D eigenvalue weighted by atomic mass is 9.85. The summed E-state index contributed by atoms with van der Waals surface area (Å²) in [6, 6.07) is 16.8. The van der Waals surface area contributed by atoms with Gasteiger partial charge in [0, 0.05) is 17.2 Å². The van der Waals surface area contributed by atoms with E-state index in [1.807, 2.05) is 30.3 Å². The Morgan fingerprint density at radius 3 is 2.47 bits per heavy atom. The number of hydrogen-bond acceptors (Lipinski definition) is 6. The number of carbonyl (C=O) groups is 2. The van der Waals surface area contributed by atoms with Gasteiger partial charge in [0.25, 0.3) is 5.91 Å². The summed E-state index contributed by atoms with van der Waals surface area (Å²) in [6.07, 6.45) is 4.59. The Kier molecular flexibility index (Phi) is 7.84. The van der Waals surface area contributed by atoms with Crippen molar-refractivity contribution in [1.29, 1.82) is 0 Å². The lowest BCUT2D eigenvalue weighted by molar-refractivity contribution is -0.119. The number of hydrazine groups is 1. The van der Waals surface area contributed by atoms with Crippen LogP contribution >= 0.6 is 11.8 Å². The predicted octanol–water partition coefficient (Wildman–Crippen LogP) is 4.26. The van der Waals surface area contributed by atoms with E-state index in [4.69, 9.17) is 4.74 Å². The highest BCUT2D eigenvalue weighted by Crippen LogP contribution is 2.39. The molecule has 1 aliphatic carbocycles. The zero-order chi connectivity index (χ0) is 23.9. The van der Waals surface area contributed by atoms with Crippen molar-refractivity contribution in [3.63, 3.8) is 0 Å². The van der Waals surface area contributed by atoms with Crippen LogP contribution in [0, 0.1) is 5.92 Å². The SMILES string of the molecule is COc1ccc(-c2nnc(SCC(=O)NNC(=O)c3ccccc3)n2[C@H]2CCCC[C@@H]2C)cc1. The molecule has 0 aliphatic heterocycles. The highest BCUT2D eigenvalue weighted by molar-refractivity contribution is 7.99. The highest BCUT2D eigenvalue weighted by atomic mass is 32.2. The van der Waals surface area contributed by atoms with E-state index in [1.165, 1.54) is 18.2 Å². The average Bonchev–Trinajstić information content (AvgIpc) is 3.30. The van der Waals surface area contributed by atoms with Crippen LogP contribution in [0.15, 0.2) is 59.8 Å². The first-order valence-electron chi connectivity index (χ1n) is 11.4. The lowest BCUT2D eigenvalue weighted by Gasteiger charge is -2.31. The minimum atomic E-state index is -0.361. The number of hydrogen-bond donors (Lipinski definition) is 2. The third-order valence-electron chi connectivity index (χ3n) is 6.09. The molecular formula is C25H29N5O3S. The van der Waals surface area contributed by atoms with Gasteiger partial charge in [0.1, 0.15) is 5.75 Å². The quantitative estimate of drug-likeness (QED) is 0.388. The zero-order valence-corrected chi connectivity index (χ0v) is 20.2. The first kappa shape index (κ1) is 23.8. The monoisotopic (exact) mass is 479 g/mol. The van der Waals surface area contributed by atoms with Crippen LogP contribution in [0.3, 0.4) is 0 Å². The number of benzene rings is 2. The van der Waals surface area contributed by atoms with Crippen LogP contribution < -0.4 is 15.6 Å². The summed E-state index contributed by atoms with van der Waals surface area (Å²) in [6.45, 7) is 2.27. The molecule has 0 spiro atoms. The molecule has 0 unspecified atom stereocenters. The largest absolute Gasteiger partial charge is 0.497 e. The zero-order valence-electron chi connectivity index (χ0n) is 19.4. The van der Waals surface area contributed by atoms with Gasteiger partial charge in [0.05, 0.1) is 12.9 Å². The van der Waals surface area contributed by atoms with Gasteiger partial charge < -0.3 is 4.74 Å². The van der Waals surface area contributed by atoms with E-state index < -0.39 is 0 Å². The molecule has 178 valence electrons. The number of rotatable bonds is 7. The molecule has 2 N–H and O–H groups in total. The summed E-state index contributed by atoms with van der Waals surface area (Å²) >= 11 is 1.32. The van der Waals surface area contributed by atoms with E-state index in [0.717, 1.165) is 36.4 Å². The number of carbonyl (C=O) groups excluding carboxylic acids is 2. The number of methoxy groups -OCH3 is 1. The molecule has 1 saturated carbocycles. The maximum absolute atomic E-state index is 12.4. The van der Waals surface area contributed by atoms with E-state index in [1.54, 1.807) is 31.4 Å². The third kappa shape index (κ3) is 5.59. The highest BCUT2D eigenvalue weighted by Gasteiger charge is 2.29. The fourth-order valence-electron chi connectivity index (χ4n) is 4.25. The minimum Gasteiger partial charge on any atom is -0.497 e. The van der Waals surface area contributed by atoms with E-state index in [-0.39, 0.29) is 23.6 Å². The van der Waals surface area contributed by atoms with Crippen LogP contribution in [0.25, 0.3) is 11.4 Å². The molecule has 34 heavy (non-hydrogen) atoms. The van der Waals surface area contributed by atoms with Crippen LogP contribution in [0.4, 0.5) is 0 Å². The van der Waals surface area contributed by atoms with Crippen LogP contribution in [0.2, 0.25) is 0 Å². The van der Waals surface area contributed by atoms with Crippen molar-refractivity contribution in [2.45, 2.75) is 43.8 Å². The van der Waals surface area contributed by atoms with Crippen LogP contribution in [-0.2, 0) is 4.79 Å². The second kappa shape index (κ2) is 11.2. The molecule has 4 rings (SSSR count). The van der Waals surface area contributed by atoms with Gasteiger partial charge in [-0.25, -0.2) is 0 Å². The molecule has 0 radical (unpaired) electrons. The van der Waals surface area contributed by atoms with Gasteiger partial charge in [0.2, 0.25) is 5.91 Å². The van der Waals surface area contributed by atoms with Crippen molar-refractivity contribution in [2.24, 2.45) is 5.92 Å². The third-order valence-corrected chi connectivity index (χ3v) is 7.04. The molecule has 1 aliphatic rings. The minimum absolute atomic E-state index is 0.108. The number of thioether (sulfide) groups is 1. The number of nitrogens with one attached hydrogen (secondary N) is 2. The van der Waals surface area contributed by atoms with Gasteiger partial charge in [-0.15, -0.1) is 10.2 Å². The number of aromatic nitrogens is 3. The predicted molar refractivity (Wildman–Crippen MR) is 131 cm³/mol. The van der Waals surface area contributed by atoms with E-state index >= 15 is 0 Å². The first-order valence-corrected chi connectivity index (χ1v) is 12.4. The second-order valence-electron chi connectivity index (χ2n) is 8.39. The molecular weight excluding hydrogens is 450 g/mol. The normalized spacial score (nSPS) is 17.7. The molecule has 0 saturated heterocycles. The Morgan fingerprint density at radius 1 is 1.03 bits per heavy atom. The molecule has 0 bridgehead atoms. The van der Waals surface area contributed by atoms with Gasteiger partial charge in [-0.1, -0.05) is 49.7 Å². The number of nitrogens with zero attached hydrogens (tertiary/aromatic N) is 3. The van der Waals surface area contributed by atoms with Gasteiger partial charge in [-0.2, -0.15) is 0 Å². The van der Waals surface area contributed by atoms with Crippen LogP contribution in [0.5, 0.6) is 5.75 Å². The number of amides is 2. The standard InChI is InChI=1S/C25H29N5O3S/c1-17-8-6-7-11-21(17)30-23(18-12-14-20(33-2)15-13-18)27-29-25(30)34-16-22(31)26-28-24(32)19-9-4-3-5-10-19/h3-5,9-10,12-15,17,21H,6-8,11,16H2,1-2H3,(H,26,31)(H,28,32)/t17-,21-/m0/s1. The summed E-state index contributed by atoms with van der Waals surface area (Å²) in [7, 11) is 1.64. The van der Waals surface area contributed by atoms with Crippen molar-refractivity contribution in [2.75, 3.05) is 12.9 Å². The topological polar surface area (TPSA) is 98.1 Å². The molecule has 1 heterocycles.